The van der Waals surface area contributed by atoms with Crippen LogP contribution in [0, 0.1) is 0 Å². The van der Waals surface area contributed by atoms with E-state index < -0.39 is 29.5 Å². The Hall–Kier alpha value is -1.71. The molecular weight excluding hydrogens is 360 g/mol. The van der Waals surface area contributed by atoms with Gasteiger partial charge in [-0.05, 0) is 36.4 Å². The summed E-state index contributed by atoms with van der Waals surface area (Å²) in [5, 5.41) is 0. The first-order valence-corrected chi connectivity index (χ1v) is 11.5. The molecule has 2 rings (SSSR count). The van der Waals surface area contributed by atoms with Crippen LogP contribution >= 0.6 is 0 Å². The fraction of sp³-hybridized carbons (Fsp3) is 0.143. The van der Waals surface area contributed by atoms with Crippen molar-refractivity contribution >= 4 is 29.5 Å². The standard InChI is InChI=1S/C14H14O6S3/c1-21(15,16)11-5-3-7-13(9-11)23(19,20)14-8-4-6-12(10-14)22(2,17)18/h3-10H,1-2H3. The maximum absolute atomic E-state index is 12.6. The molecule has 0 aliphatic carbocycles. The van der Waals surface area contributed by atoms with Crippen LogP contribution < -0.4 is 0 Å². The van der Waals surface area contributed by atoms with Gasteiger partial charge in [-0.25, -0.2) is 25.3 Å². The zero-order valence-corrected chi connectivity index (χ0v) is 14.7. The Morgan fingerprint density at radius 3 is 1.17 bits per heavy atom. The number of sulfone groups is 3. The summed E-state index contributed by atoms with van der Waals surface area (Å²) in [4.78, 5) is -0.687. The minimum atomic E-state index is -4.03. The van der Waals surface area contributed by atoms with Gasteiger partial charge in [0.1, 0.15) is 0 Å². The fourth-order valence-electron chi connectivity index (χ4n) is 1.88. The van der Waals surface area contributed by atoms with E-state index in [1.54, 1.807) is 0 Å². The van der Waals surface area contributed by atoms with Crippen molar-refractivity contribution in [3.8, 4) is 0 Å². The molecule has 0 fully saturated rings. The Morgan fingerprint density at radius 1 is 0.565 bits per heavy atom. The third-order valence-electron chi connectivity index (χ3n) is 3.09. The molecule has 6 nitrogen and oxygen atoms in total. The molecule has 0 atom stereocenters. The molecule has 0 aliphatic heterocycles. The van der Waals surface area contributed by atoms with Crippen LogP contribution in [0.4, 0.5) is 0 Å². The monoisotopic (exact) mass is 374 g/mol. The largest absolute Gasteiger partial charge is 0.224 e. The molecule has 0 radical (unpaired) electrons. The summed E-state index contributed by atoms with van der Waals surface area (Å²) in [5.41, 5.74) is 0. The smallest absolute Gasteiger partial charge is 0.206 e. The lowest BCUT2D eigenvalue weighted by Crippen LogP contribution is -2.06. The van der Waals surface area contributed by atoms with E-state index in [0.29, 0.717) is 0 Å². The first-order chi connectivity index (χ1) is 10.4. The molecule has 0 heterocycles. The summed E-state index contributed by atoms with van der Waals surface area (Å²) in [6.07, 6.45) is 1.95. The summed E-state index contributed by atoms with van der Waals surface area (Å²) in [6, 6.07) is 9.86. The van der Waals surface area contributed by atoms with E-state index in [9.17, 15) is 25.3 Å². The highest BCUT2D eigenvalue weighted by atomic mass is 32.2. The van der Waals surface area contributed by atoms with Crippen molar-refractivity contribution in [2.75, 3.05) is 12.5 Å². The molecule has 0 spiro atoms. The lowest BCUT2D eigenvalue weighted by Gasteiger charge is -2.07. The van der Waals surface area contributed by atoms with E-state index in [4.69, 9.17) is 0 Å². The predicted molar refractivity (Wildman–Crippen MR) is 84.6 cm³/mol. The topological polar surface area (TPSA) is 102 Å². The molecule has 2 aromatic carbocycles. The highest BCUT2D eigenvalue weighted by Crippen LogP contribution is 2.25. The van der Waals surface area contributed by atoms with E-state index >= 15 is 0 Å². The van der Waals surface area contributed by atoms with E-state index in [0.717, 1.165) is 24.6 Å². The van der Waals surface area contributed by atoms with Gasteiger partial charge in [0, 0.05) is 12.5 Å². The van der Waals surface area contributed by atoms with Gasteiger partial charge < -0.3 is 0 Å². The molecule has 9 heteroatoms. The van der Waals surface area contributed by atoms with Gasteiger partial charge in [0.05, 0.1) is 19.6 Å². The molecular formula is C14H14O6S3. The minimum Gasteiger partial charge on any atom is -0.224 e. The Balaban J connectivity index is 2.65. The van der Waals surface area contributed by atoms with Crippen molar-refractivity contribution < 1.29 is 25.3 Å². The molecule has 0 unspecified atom stereocenters. The second kappa shape index (κ2) is 5.73. The summed E-state index contributed by atoms with van der Waals surface area (Å²) < 4.78 is 71.4. The average Bonchev–Trinajstić information content (AvgIpc) is 2.46. The van der Waals surface area contributed by atoms with Gasteiger partial charge in [-0.3, -0.25) is 0 Å². The summed E-state index contributed by atoms with van der Waals surface area (Å²) in [5.74, 6) is 0. The van der Waals surface area contributed by atoms with Gasteiger partial charge in [0.15, 0.2) is 19.7 Å². The molecule has 0 aliphatic rings. The second-order valence-corrected chi connectivity index (χ2v) is 11.0. The van der Waals surface area contributed by atoms with Gasteiger partial charge in [0.25, 0.3) is 0 Å². The van der Waals surface area contributed by atoms with E-state index in [1.807, 2.05) is 0 Å². The van der Waals surface area contributed by atoms with Gasteiger partial charge in [-0.2, -0.15) is 0 Å². The Labute approximate surface area is 135 Å². The Bertz CT molecular complexity index is 984. The van der Waals surface area contributed by atoms with Crippen LogP contribution in [0.3, 0.4) is 0 Å². The number of hydrogen-bond donors (Lipinski definition) is 0. The zero-order chi connectivity index (χ0) is 17.5. The molecule has 23 heavy (non-hydrogen) atoms. The third kappa shape index (κ3) is 3.80. The molecule has 2 aromatic rings. The molecule has 0 saturated heterocycles. The van der Waals surface area contributed by atoms with E-state index in [2.05, 4.69) is 0 Å². The fourth-order valence-corrected chi connectivity index (χ4v) is 4.71. The second-order valence-electron chi connectivity index (χ2n) is 5.00. The van der Waals surface area contributed by atoms with Crippen molar-refractivity contribution in [3.05, 3.63) is 48.5 Å². The van der Waals surface area contributed by atoms with Crippen LogP contribution in [-0.4, -0.2) is 37.8 Å². The predicted octanol–water partition coefficient (Wildman–Crippen LogP) is 1.33. The summed E-state index contributed by atoms with van der Waals surface area (Å²) in [6.45, 7) is 0. The summed E-state index contributed by atoms with van der Waals surface area (Å²) in [7, 11) is -11.2. The van der Waals surface area contributed by atoms with Crippen LogP contribution in [0.15, 0.2) is 68.1 Å². The number of benzene rings is 2. The maximum Gasteiger partial charge on any atom is 0.206 e. The first-order valence-electron chi connectivity index (χ1n) is 6.28. The molecule has 124 valence electrons. The average molecular weight is 374 g/mol. The van der Waals surface area contributed by atoms with Crippen molar-refractivity contribution in [3.63, 3.8) is 0 Å². The van der Waals surface area contributed by atoms with E-state index in [1.165, 1.54) is 36.4 Å². The first kappa shape index (κ1) is 17.6. The van der Waals surface area contributed by atoms with Gasteiger partial charge in [-0.1, -0.05) is 12.1 Å². The third-order valence-corrected chi connectivity index (χ3v) is 7.06. The lowest BCUT2D eigenvalue weighted by molar-refractivity contribution is 0.595. The normalized spacial score (nSPS) is 13.0. The number of hydrogen-bond acceptors (Lipinski definition) is 6. The molecule has 0 bridgehead atoms. The highest BCUT2D eigenvalue weighted by molar-refractivity contribution is 7.92. The van der Waals surface area contributed by atoms with Crippen molar-refractivity contribution in [2.24, 2.45) is 0 Å². The van der Waals surface area contributed by atoms with Crippen LogP contribution in [-0.2, 0) is 29.5 Å². The number of rotatable bonds is 4. The van der Waals surface area contributed by atoms with Crippen LogP contribution in [0.2, 0.25) is 0 Å². The van der Waals surface area contributed by atoms with Gasteiger partial charge in [0.2, 0.25) is 9.84 Å². The van der Waals surface area contributed by atoms with Gasteiger partial charge in [-0.15, -0.1) is 0 Å². The SMILES string of the molecule is CS(=O)(=O)c1cccc(S(=O)(=O)c2cccc(S(C)(=O)=O)c2)c1. The maximum atomic E-state index is 12.6. The quantitative estimate of drug-likeness (QED) is 0.800. The van der Waals surface area contributed by atoms with Crippen molar-refractivity contribution in [2.45, 2.75) is 19.6 Å². The zero-order valence-electron chi connectivity index (χ0n) is 12.3. The summed E-state index contributed by atoms with van der Waals surface area (Å²) >= 11 is 0. The Morgan fingerprint density at radius 2 is 0.870 bits per heavy atom. The van der Waals surface area contributed by atoms with Crippen LogP contribution in [0.25, 0.3) is 0 Å². The van der Waals surface area contributed by atoms with Crippen LogP contribution in [0.5, 0.6) is 0 Å². The Kier molecular flexibility index (Phi) is 4.40. The van der Waals surface area contributed by atoms with Crippen molar-refractivity contribution in [1.29, 1.82) is 0 Å². The van der Waals surface area contributed by atoms with E-state index in [-0.39, 0.29) is 19.6 Å². The molecule has 0 N–H and O–H groups in total. The minimum absolute atomic E-state index is 0.127. The molecule has 0 amide bonds. The molecule has 0 saturated carbocycles. The highest BCUT2D eigenvalue weighted by Gasteiger charge is 2.21. The molecule has 0 aromatic heterocycles. The van der Waals surface area contributed by atoms with Crippen molar-refractivity contribution in [1.82, 2.24) is 0 Å². The lowest BCUT2D eigenvalue weighted by atomic mass is 10.4. The van der Waals surface area contributed by atoms with Crippen LogP contribution in [0.1, 0.15) is 0 Å². The van der Waals surface area contributed by atoms with Gasteiger partial charge >= 0.3 is 0 Å².